The molecule has 20 heterocycles. The van der Waals surface area contributed by atoms with Gasteiger partial charge >= 0.3 is 0 Å². The lowest BCUT2D eigenvalue weighted by atomic mass is 9.81. The number of aliphatic hydroxyl groups excluding tert-OH is 2. The van der Waals surface area contributed by atoms with Gasteiger partial charge in [0.05, 0.1) is 134 Å². The molecule has 1 unspecified atom stereocenters. The van der Waals surface area contributed by atoms with E-state index in [2.05, 4.69) is 45.5 Å². The molecule has 0 aliphatic carbocycles. The third kappa shape index (κ3) is 13.8. The summed E-state index contributed by atoms with van der Waals surface area (Å²) in [5.41, 5.74) is 4.24. The highest BCUT2D eigenvalue weighted by molar-refractivity contribution is 5.80. The van der Waals surface area contributed by atoms with Crippen LogP contribution in [0, 0.1) is 23.7 Å². The number of carbonyl (C=O) groups is 2. The van der Waals surface area contributed by atoms with Crippen LogP contribution < -0.4 is 5.32 Å². The van der Waals surface area contributed by atoms with Crippen LogP contribution in [0.5, 0.6) is 0 Å². The van der Waals surface area contributed by atoms with Gasteiger partial charge in [-0.15, -0.1) is 0 Å². The minimum atomic E-state index is -0.909. The van der Waals surface area contributed by atoms with Gasteiger partial charge in [-0.05, 0) is 124 Å². The third-order valence-corrected chi connectivity index (χ3v) is 28.2. The number of ether oxygens (including phenoxy) is 18. The van der Waals surface area contributed by atoms with Gasteiger partial charge in [-0.25, -0.2) is 0 Å². The number of nitrogens with one attached hydrogen (secondary N) is 1. The second-order valence-corrected chi connectivity index (χ2v) is 35.0. The van der Waals surface area contributed by atoms with E-state index >= 15 is 0 Å². The summed E-state index contributed by atoms with van der Waals surface area (Å²) in [5, 5.41) is 27.4. The van der Waals surface area contributed by atoms with Crippen LogP contribution in [0.15, 0.2) is 48.6 Å². The fourth-order valence-corrected chi connectivity index (χ4v) is 23.0. The summed E-state index contributed by atoms with van der Waals surface area (Å²) in [4.78, 5) is 29.5. The Morgan fingerprint density at radius 1 is 0.408 bits per heavy atom. The Balaban J connectivity index is 0.537. The molecule has 20 saturated heterocycles. The molecule has 0 amide bonds. The minimum absolute atomic E-state index is 0.00458. The average Bonchev–Trinajstić information content (AvgIpc) is 1.56. The fourth-order valence-electron chi connectivity index (χ4n) is 23.0. The van der Waals surface area contributed by atoms with Gasteiger partial charge in [0, 0.05) is 116 Å². The Bertz CT molecular complexity index is 2970. The summed E-state index contributed by atoms with van der Waals surface area (Å²) >= 11 is 0. The summed E-state index contributed by atoms with van der Waals surface area (Å²) < 4.78 is 123. The number of aliphatic hydroxyl groups is 2. The number of carbonyl (C=O) groups excluding carboxylic acids is 2. The van der Waals surface area contributed by atoms with E-state index in [0.29, 0.717) is 51.4 Å². The van der Waals surface area contributed by atoms with E-state index in [1.807, 2.05) is 0 Å². The van der Waals surface area contributed by atoms with Gasteiger partial charge in [-0.3, -0.25) is 9.59 Å². The van der Waals surface area contributed by atoms with Gasteiger partial charge in [0.15, 0.2) is 11.6 Å². The van der Waals surface area contributed by atoms with Crippen molar-refractivity contribution < 1.29 is 105 Å². The Labute approximate surface area is 606 Å². The quantitative estimate of drug-likeness (QED) is 0.178. The van der Waals surface area contributed by atoms with Gasteiger partial charge in [0.1, 0.15) is 72.6 Å². The highest BCUT2D eigenvalue weighted by Gasteiger charge is 2.71. The minimum Gasteiger partial charge on any atom is -0.392 e. The maximum Gasteiger partial charge on any atom is 0.172 e. The molecular weight excluding hydrogens is 1330 g/mol. The van der Waals surface area contributed by atoms with E-state index in [0.717, 1.165) is 99.3 Å². The Kier molecular flexibility index (Phi) is 20.3. The predicted octanol–water partition coefficient (Wildman–Crippen LogP) is 7.56. The highest BCUT2D eigenvalue weighted by atomic mass is 16.8. The van der Waals surface area contributed by atoms with Crippen molar-refractivity contribution in [3.8, 4) is 0 Å². The van der Waals surface area contributed by atoms with Crippen molar-refractivity contribution in [1.29, 1.82) is 0 Å². The zero-order valence-corrected chi connectivity index (χ0v) is 61.0. The average molecular weight is 1440 g/mol. The molecule has 20 fully saturated rings. The molecule has 0 aromatic carbocycles. The van der Waals surface area contributed by atoms with Crippen LogP contribution in [0.2, 0.25) is 0 Å². The van der Waals surface area contributed by atoms with Crippen molar-refractivity contribution in [3.63, 3.8) is 0 Å². The summed E-state index contributed by atoms with van der Waals surface area (Å²) in [6.45, 7) is 22.9. The maximum absolute atomic E-state index is 14.8. The van der Waals surface area contributed by atoms with Crippen LogP contribution in [0.4, 0.5) is 0 Å². The summed E-state index contributed by atoms with van der Waals surface area (Å²) in [6, 6.07) is 0. The number of hydrogen-bond acceptors (Lipinski definition) is 23. The summed E-state index contributed by atoms with van der Waals surface area (Å²) in [5.74, 6) is -1.91. The van der Waals surface area contributed by atoms with Gasteiger partial charge in [-0.1, -0.05) is 40.2 Å². The number of fused-ring (bicyclic) bond motifs is 12. The Hall–Kier alpha value is -2.54. The largest absolute Gasteiger partial charge is 0.392 e. The van der Waals surface area contributed by atoms with Gasteiger partial charge in [0.2, 0.25) is 0 Å². The number of rotatable bonds is 10. The number of Topliss-reactive ketones (excluding diaryl/α,β-unsaturated/α-hetero) is 2. The van der Waals surface area contributed by atoms with Crippen molar-refractivity contribution in [1.82, 2.24) is 5.32 Å². The molecule has 0 aromatic rings. The Morgan fingerprint density at radius 2 is 0.796 bits per heavy atom. The molecule has 24 bridgehead atoms. The first-order valence-corrected chi connectivity index (χ1v) is 40.2. The zero-order valence-electron chi connectivity index (χ0n) is 61.0. The molecule has 23 nitrogen and oxygen atoms in total. The van der Waals surface area contributed by atoms with Gasteiger partial charge in [-0.2, -0.15) is 0 Å². The van der Waals surface area contributed by atoms with Gasteiger partial charge in [0.25, 0.3) is 0 Å². The third-order valence-electron chi connectivity index (χ3n) is 28.2. The van der Waals surface area contributed by atoms with E-state index in [4.69, 9.17) is 85.3 Å². The maximum atomic E-state index is 14.8. The van der Waals surface area contributed by atoms with Crippen LogP contribution in [0.25, 0.3) is 0 Å². The predicted molar refractivity (Wildman–Crippen MR) is 367 cm³/mol. The van der Waals surface area contributed by atoms with E-state index in [1.165, 1.54) is 0 Å². The lowest BCUT2D eigenvalue weighted by Gasteiger charge is -2.47. The van der Waals surface area contributed by atoms with E-state index in [9.17, 15) is 19.8 Å². The van der Waals surface area contributed by atoms with Crippen molar-refractivity contribution in [2.75, 3.05) is 27.3 Å². The first-order valence-electron chi connectivity index (χ1n) is 40.2. The molecule has 23 heteroatoms. The second-order valence-electron chi connectivity index (χ2n) is 35.0. The molecule has 0 aromatic heterocycles. The molecular formula is C80H115NO22. The zero-order chi connectivity index (χ0) is 70.5. The van der Waals surface area contributed by atoms with Crippen LogP contribution >= 0.6 is 0 Å². The van der Waals surface area contributed by atoms with Crippen molar-refractivity contribution in [3.05, 3.63) is 48.6 Å². The molecule has 0 radical (unpaired) electrons. The van der Waals surface area contributed by atoms with Gasteiger partial charge < -0.3 is 101 Å². The van der Waals surface area contributed by atoms with Crippen LogP contribution in [-0.2, 0) is 94.9 Å². The fraction of sp³-hybridized carbons (Fsp3) is 0.875. The van der Waals surface area contributed by atoms with Crippen molar-refractivity contribution in [2.24, 2.45) is 23.7 Å². The smallest absolute Gasteiger partial charge is 0.172 e. The van der Waals surface area contributed by atoms with E-state index in [-0.39, 0.29) is 209 Å². The SMILES string of the molecule is C=C1C[C@@H]2CC[C@@]34C[C@H]5O[C@H]6[C@@H](O3)[C@H]3O[C@H](CC[C@@H]3O[C@H]6[C@H]5O4)CC(=O)C[C@@H]3[C@@H](OC)[C@@H](C[C@H](O)CNC[C@@H](O)C[C@H]4O[C@H]5C[C@H]6O[C@@H](CC[C@@H]7O[C@@H](CC[C@@]89C[C@H]%10OC%11[C@@H](O[C@H]%12CC[C@H](CC(=O)C[C@@H]5[C@H]4OC)O[C@@H]%12[C@@H]%11O8)[C@H]%10O9)CC7=C)C[C@@H](C)C6=C)O[C@H]3C[C@H]3O[C@@H](CC[C@@H]1O2)C[C@@H](C)C3=C. The topological polar surface area (TPSA) is 253 Å². The number of ketones is 2. The first kappa shape index (κ1) is 72.0. The van der Waals surface area contributed by atoms with Crippen LogP contribution in [0.1, 0.15) is 181 Å². The summed E-state index contributed by atoms with van der Waals surface area (Å²) in [6.07, 6.45) is 5.18. The normalized spacial score (nSPS) is 53.0. The molecule has 2 spiro atoms. The number of methoxy groups -OCH3 is 2. The molecule has 103 heavy (non-hydrogen) atoms. The van der Waals surface area contributed by atoms with Crippen molar-refractivity contribution >= 4 is 11.6 Å². The second kappa shape index (κ2) is 29.0. The number of hydrogen-bond donors (Lipinski definition) is 3. The lowest BCUT2D eigenvalue weighted by molar-refractivity contribution is -0.292. The molecule has 20 aliphatic heterocycles. The first-order chi connectivity index (χ1) is 49.8. The molecule has 572 valence electrons. The monoisotopic (exact) mass is 1440 g/mol. The molecule has 38 atom stereocenters. The molecule has 3 N–H and O–H groups in total. The van der Waals surface area contributed by atoms with E-state index < -0.39 is 84.8 Å². The lowest BCUT2D eigenvalue weighted by Crippen LogP contribution is -2.61. The molecule has 0 saturated carbocycles. The van der Waals surface area contributed by atoms with Crippen LogP contribution in [0.3, 0.4) is 0 Å². The highest BCUT2D eigenvalue weighted by Crippen LogP contribution is 2.57. The standard InChI is InChI=1S/C80H115NO22/c1-37-21-47-9-13-55-39(3)23-51(88-55)17-19-79-33-65-71(100-79)73-75(98-65)77(102-79)69-57(96-73)15-11-49(92-69)25-43(82)27-53-61(31-59(90-47)41(37)5)94-63(67(53)86-7)29-45(84)35-81-36-46(85)30-64-68(87-8)54-28-44(83)26-50-12-16-58-70(93-50)78-76-74(97-58)72-66(99-76)34-80(101-72,103-78)20-18-52-24-40(4)56(89-52)14-10-48-22-38(2)42(6)60(91-48)32-62(54)95-64/h37-38,45-78,81,84-85H,3-6,9-36H2,1-2,7-8H3/t37-,38-,45+,46+,47+,48+,49-,50-,51+,52+,53+,54+,55+,56+,57+,58+,59-,60-,61+,62+,63-,64-,65-,66-,67-,68-,69+,70+,71+,72+,73+,74+,75-,76?,77+,78+,79+,80+/m1/s1. The molecule has 20 rings (SSSR count). The van der Waals surface area contributed by atoms with Crippen molar-refractivity contribution in [2.45, 2.75) is 388 Å². The van der Waals surface area contributed by atoms with E-state index in [1.54, 1.807) is 14.2 Å². The summed E-state index contributed by atoms with van der Waals surface area (Å²) in [7, 11) is 3.32. The Morgan fingerprint density at radius 3 is 1.23 bits per heavy atom. The van der Waals surface area contributed by atoms with Crippen LogP contribution in [-0.4, -0.2) is 256 Å². The molecule has 20 aliphatic rings.